The van der Waals surface area contributed by atoms with Gasteiger partial charge in [0.25, 0.3) is 0 Å². The van der Waals surface area contributed by atoms with Gasteiger partial charge in [-0.25, -0.2) is 0 Å². The number of piperidine rings is 1. The molecule has 1 aromatic carbocycles. The monoisotopic (exact) mass is 346 g/mol. The van der Waals surface area contributed by atoms with E-state index in [9.17, 15) is 9.59 Å². The molecule has 2 N–H and O–H groups in total. The zero-order valence-electron chi connectivity index (χ0n) is 11.4. The van der Waals surface area contributed by atoms with E-state index in [1.165, 1.54) is 11.8 Å². The Hall–Kier alpha value is -0.910. The SMILES string of the molecule is NC(=O)[C@@H]1CCCCN1C(=O)CSc1c(Cl)cccc1Cl. The van der Waals surface area contributed by atoms with Crippen LogP contribution in [0.3, 0.4) is 0 Å². The number of nitrogens with zero attached hydrogens (tertiary/aromatic N) is 1. The molecule has 114 valence electrons. The second-order valence-corrected chi connectivity index (χ2v) is 6.64. The molecule has 0 radical (unpaired) electrons. The molecule has 0 aromatic heterocycles. The third kappa shape index (κ3) is 4.05. The van der Waals surface area contributed by atoms with Crippen molar-refractivity contribution in [2.24, 2.45) is 5.73 Å². The lowest BCUT2D eigenvalue weighted by Gasteiger charge is -2.33. The van der Waals surface area contributed by atoms with Crippen LogP contribution in [-0.2, 0) is 9.59 Å². The number of carbonyl (C=O) groups excluding carboxylic acids is 2. The summed E-state index contributed by atoms with van der Waals surface area (Å²) in [6.07, 6.45) is 2.45. The Kier molecular flexibility index (Phi) is 5.79. The molecule has 1 atom stereocenters. The van der Waals surface area contributed by atoms with Gasteiger partial charge in [-0.15, -0.1) is 11.8 Å². The van der Waals surface area contributed by atoms with Gasteiger partial charge in [0.15, 0.2) is 0 Å². The van der Waals surface area contributed by atoms with Crippen molar-refractivity contribution < 1.29 is 9.59 Å². The molecule has 0 unspecified atom stereocenters. The molecule has 1 aromatic rings. The molecular formula is C14H16Cl2N2O2S. The topological polar surface area (TPSA) is 63.4 Å². The van der Waals surface area contributed by atoms with Crippen molar-refractivity contribution in [2.45, 2.75) is 30.2 Å². The predicted octanol–water partition coefficient (Wildman–Crippen LogP) is 2.95. The summed E-state index contributed by atoms with van der Waals surface area (Å²) in [5.41, 5.74) is 5.37. The van der Waals surface area contributed by atoms with Crippen molar-refractivity contribution in [3.63, 3.8) is 0 Å². The summed E-state index contributed by atoms with van der Waals surface area (Å²) in [7, 11) is 0. The Morgan fingerprint density at radius 1 is 1.29 bits per heavy atom. The maximum absolute atomic E-state index is 12.3. The molecule has 2 amide bonds. The van der Waals surface area contributed by atoms with Crippen LogP contribution in [0.4, 0.5) is 0 Å². The van der Waals surface area contributed by atoms with Crippen molar-refractivity contribution in [2.75, 3.05) is 12.3 Å². The van der Waals surface area contributed by atoms with Crippen LogP contribution in [0.2, 0.25) is 10.0 Å². The summed E-state index contributed by atoms with van der Waals surface area (Å²) in [6, 6.07) is 4.72. The number of thioether (sulfide) groups is 1. The fourth-order valence-corrected chi connectivity index (χ4v) is 3.93. The highest BCUT2D eigenvalue weighted by Crippen LogP contribution is 2.34. The van der Waals surface area contributed by atoms with Gasteiger partial charge >= 0.3 is 0 Å². The molecule has 0 aliphatic carbocycles. The van der Waals surface area contributed by atoms with Crippen LogP contribution in [0.1, 0.15) is 19.3 Å². The van der Waals surface area contributed by atoms with Gasteiger partial charge in [-0.2, -0.15) is 0 Å². The lowest BCUT2D eigenvalue weighted by molar-refractivity contribution is -0.138. The fourth-order valence-electron chi connectivity index (χ4n) is 2.36. The number of benzene rings is 1. The number of amides is 2. The lowest BCUT2D eigenvalue weighted by Crippen LogP contribution is -2.51. The third-order valence-electron chi connectivity index (χ3n) is 3.41. The molecule has 21 heavy (non-hydrogen) atoms. The summed E-state index contributed by atoms with van der Waals surface area (Å²) in [6.45, 7) is 0.573. The normalized spacial score (nSPS) is 18.6. The Labute approximate surface area is 137 Å². The average molecular weight is 347 g/mol. The van der Waals surface area contributed by atoms with Gasteiger partial charge in [0.2, 0.25) is 11.8 Å². The number of halogens is 2. The van der Waals surface area contributed by atoms with Crippen LogP contribution in [0.15, 0.2) is 23.1 Å². The first-order chi connectivity index (χ1) is 10.0. The van der Waals surface area contributed by atoms with Gasteiger partial charge < -0.3 is 10.6 Å². The van der Waals surface area contributed by atoms with Crippen LogP contribution in [0, 0.1) is 0 Å². The van der Waals surface area contributed by atoms with E-state index < -0.39 is 11.9 Å². The van der Waals surface area contributed by atoms with Gasteiger partial charge in [-0.05, 0) is 31.4 Å². The number of primary amides is 1. The Morgan fingerprint density at radius 2 is 1.95 bits per heavy atom. The van der Waals surface area contributed by atoms with Crippen LogP contribution in [-0.4, -0.2) is 35.1 Å². The maximum Gasteiger partial charge on any atom is 0.240 e. The number of hydrogen-bond acceptors (Lipinski definition) is 3. The highest BCUT2D eigenvalue weighted by atomic mass is 35.5. The minimum Gasteiger partial charge on any atom is -0.368 e. The predicted molar refractivity (Wildman–Crippen MR) is 85.7 cm³/mol. The fraction of sp³-hybridized carbons (Fsp3) is 0.429. The molecule has 0 saturated carbocycles. The molecule has 4 nitrogen and oxygen atoms in total. The minimum atomic E-state index is -0.492. The summed E-state index contributed by atoms with van der Waals surface area (Å²) >= 11 is 13.4. The quantitative estimate of drug-likeness (QED) is 0.852. The first-order valence-corrected chi connectivity index (χ1v) is 8.40. The summed E-state index contributed by atoms with van der Waals surface area (Å²) in [5.74, 6) is -0.365. The standard InChI is InChI=1S/C14H16Cl2N2O2S/c15-9-4-3-5-10(16)13(9)21-8-12(19)18-7-2-1-6-11(18)14(17)20/h3-5,11H,1-2,6-8H2,(H2,17,20)/t11-/m0/s1. The van der Waals surface area contributed by atoms with Gasteiger partial charge in [0, 0.05) is 11.4 Å². The highest BCUT2D eigenvalue weighted by Gasteiger charge is 2.30. The zero-order valence-corrected chi connectivity index (χ0v) is 13.7. The van der Waals surface area contributed by atoms with Crippen molar-refractivity contribution in [3.05, 3.63) is 28.2 Å². The molecule has 1 heterocycles. The molecule has 7 heteroatoms. The molecule has 1 aliphatic rings. The number of carbonyl (C=O) groups is 2. The van der Waals surface area contributed by atoms with Gasteiger partial charge in [0.1, 0.15) is 6.04 Å². The molecular weight excluding hydrogens is 331 g/mol. The Bertz CT molecular complexity index is 534. The number of nitrogens with two attached hydrogens (primary N) is 1. The van der Waals surface area contributed by atoms with E-state index in [-0.39, 0.29) is 11.7 Å². The summed E-state index contributed by atoms with van der Waals surface area (Å²) in [5, 5.41) is 1.04. The van der Waals surface area contributed by atoms with E-state index in [1.54, 1.807) is 23.1 Å². The molecule has 2 rings (SSSR count). The van der Waals surface area contributed by atoms with Gasteiger partial charge in [-0.1, -0.05) is 29.3 Å². The molecule has 1 saturated heterocycles. The molecule has 1 aliphatic heterocycles. The minimum absolute atomic E-state index is 0.112. The smallest absolute Gasteiger partial charge is 0.240 e. The van der Waals surface area contributed by atoms with Gasteiger partial charge in [-0.3, -0.25) is 9.59 Å². The zero-order chi connectivity index (χ0) is 15.4. The maximum atomic E-state index is 12.3. The van der Waals surface area contributed by atoms with E-state index in [0.717, 1.165) is 12.8 Å². The summed E-state index contributed by atoms with van der Waals surface area (Å²) < 4.78 is 0. The van der Waals surface area contributed by atoms with Crippen molar-refractivity contribution in [3.8, 4) is 0 Å². The van der Waals surface area contributed by atoms with Crippen LogP contribution < -0.4 is 5.73 Å². The lowest BCUT2D eigenvalue weighted by atomic mass is 10.0. The second kappa shape index (κ2) is 7.38. The molecule has 0 bridgehead atoms. The number of likely N-dealkylation sites (tertiary alicyclic amines) is 1. The first-order valence-electron chi connectivity index (χ1n) is 6.66. The Morgan fingerprint density at radius 3 is 2.57 bits per heavy atom. The second-order valence-electron chi connectivity index (χ2n) is 4.84. The van der Waals surface area contributed by atoms with E-state index in [1.807, 2.05) is 0 Å². The largest absolute Gasteiger partial charge is 0.368 e. The van der Waals surface area contributed by atoms with Crippen LogP contribution >= 0.6 is 35.0 Å². The number of hydrogen-bond donors (Lipinski definition) is 1. The third-order valence-corrected chi connectivity index (χ3v) is 5.38. The number of rotatable bonds is 4. The van der Waals surface area contributed by atoms with Gasteiger partial charge in [0.05, 0.1) is 15.8 Å². The molecule has 0 spiro atoms. The van der Waals surface area contributed by atoms with Crippen LogP contribution in [0.25, 0.3) is 0 Å². The average Bonchev–Trinajstić information content (AvgIpc) is 2.46. The van der Waals surface area contributed by atoms with Crippen LogP contribution in [0.5, 0.6) is 0 Å². The summed E-state index contributed by atoms with van der Waals surface area (Å²) in [4.78, 5) is 26.0. The van der Waals surface area contributed by atoms with Crippen molar-refractivity contribution >= 4 is 46.8 Å². The van der Waals surface area contributed by atoms with Crippen molar-refractivity contribution in [1.82, 2.24) is 4.90 Å². The van der Waals surface area contributed by atoms with E-state index in [2.05, 4.69) is 0 Å². The van der Waals surface area contributed by atoms with E-state index in [4.69, 9.17) is 28.9 Å². The van der Waals surface area contributed by atoms with E-state index >= 15 is 0 Å². The van der Waals surface area contributed by atoms with E-state index in [0.29, 0.717) is 27.9 Å². The first kappa shape index (κ1) is 16.5. The Balaban J connectivity index is 2.02. The highest BCUT2D eigenvalue weighted by molar-refractivity contribution is 8.00. The molecule has 1 fully saturated rings. The van der Waals surface area contributed by atoms with Crippen molar-refractivity contribution in [1.29, 1.82) is 0 Å².